The summed E-state index contributed by atoms with van der Waals surface area (Å²) in [6.07, 6.45) is 0.896. The molecule has 1 fully saturated rings. The van der Waals surface area contributed by atoms with E-state index in [9.17, 15) is 0 Å². The van der Waals surface area contributed by atoms with Gasteiger partial charge in [-0.15, -0.1) is 0 Å². The SMILES string of the molecule is CC1(O)CCNC1.Cc1ccc(Cl)cc1. The Morgan fingerprint density at radius 2 is 1.93 bits per heavy atom. The first-order valence-corrected chi connectivity index (χ1v) is 5.53. The Morgan fingerprint density at radius 3 is 2.20 bits per heavy atom. The average molecular weight is 228 g/mol. The third-order valence-corrected chi connectivity index (χ3v) is 2.61. The number of hydrogen-bond donors (Lipinski definition) is 2. The summed E-state index contributed by atoms with van der Waals surface area (Å²) in [5.74, 6) is 0. The van der Waals surface area contributed by atoms with Crippen molar-refractivity contribution < 1.29 is 5.11 Å². The topological polar surface area (TPSA) is 32.3 Å². The lowest BCUT2D eigenvalue weighted by molar-refractivity contribution is 0.0820. The van der Waals surface area contributed by atoms with Gasteiger partial charge in [0.25, 0.3) is 0 Å². The van der Waals surface area contributed by atoms with Crippen molar-refractivity contribution in [2.24, 2.45) is 0 Å². The fourth-order valence-electron chi connectivity index (χ4n) is 1.34. The van der Waals surface area contributed by atoms with Gasteiger partial charge in [-0.25, -0.2) is 0 Å². The minimum Gasteiger partial charge on any atom is -0.389 e. The Bertz CT molecular complexity index is 266. The summed E-state index contributed by atoms with van der Waals surface area (Å²) in [4.78, 5) is 0. The van der Waals surface area contributed by atoms with Gasteiger partial charge in [-0.1, -0.05) is 29.3 Å². The van der Waals surface area contributed by atoms with E-state index in [4.69, 9.17) is 16.7 Å². The Hall–Kier alpha value is -0.570. The van der Waals surface area contributed by atoms with Crippen LogP contribution in [0.4, 0.5) is 0 Å². The maximum absolute atomic E-state index is 9.13. The molecule has 0 bridgehead atoms. The number of rotatable bonds is 0. The molecule has 1 aromatic rings. The van der Waals surface area contributed by atoms with Gasteiger partial charge >= 0.3 is 0 Å². The summed E-state index contributed by atoms with van der Waals surface area (Å²) in [7, 11) is 0. The third kappa shape index (κ3) is 5.17. The van der Waals surface area contributed by atoms with Crippen LogP contribution >= 0.6 is 11.6 Å². The van der Waals surface area contributed by atoms with Gasteiger partial charge in [-0.05, 0) is 38.9 Å². The first-order valence-electron chi connectivity index (χ1n) is 5.15. The predicted molar refractivity (Wildman–Crippen MR) is 64.3 cm³/mol. The first-order chi connectivity index (χ1) is 6.99. The molecular formula is C12H18ClNO. The molecule has 0 spiro atoms. The molecule has 1 saturated heterocycles. The molecule has 84 valence electrons. The molecule has 3 heteroatoms. The zero-order valence-corrected chi connectivity index (χ0v) is 10.0. The van der Waals surface area contributed by atoms with E-state index in [1.54, 1.807) is 0 Å². The zero-order valence-electron chi connectivity index (χ0n) is 9.26. The number of aliphatic hydroxyl groups is 1. The molecule has 0 radical (unpaired) electrons. The van der Waals surface area contributed by atoms with Crippen molar-refractivity contribution in [2.75, 3.05) is 13.1 Å². The number of benzene rings is 1. The third-order valence-electron chi connectivity index (χ3n) is 2.36. The van der Waals surface area contributed by atoms with Crippen LogP contribution in [0.1, 0.15) is 18.9 Å². The highest BCUT2D eigenvalue weighted by Crippen LogP contribution is 2.10. The van der Waals surface area contributed by atoms with Gasteiger partial charge in [0.05, 0.1) is 5.60 Å². The van der Waals surface area contributed by atoms with Crippen LogP contribution in [0, 0.1) is 6.92 Å². The van der Waals surface area contributed by atoms with Crippen LogP contribution in [0.3, 0.4) is 0 Å². The Labute approximate surface area is 96.3 Å². The molecular weight excluding hydrogens is 210 g/mol. The standard InChI is InChI=1S/C7H7Cl.C5H11NO/c1-6-2-4-7(8)5-3-6;1-5(7)2-3-6-4-5/h2-5H,1H3;6-7H,2-4H2,1H3. The molecule has 0 aliphatic carbocycles. The molecule has 15 heavy (non-hydrogen) atoms. The molecule has 2 nitrogen and oxygen atoms in total. The van der Waals surface area contributed by atoms with E-state index >= 15 is 0 Å². The largest absolute Gasteiger partial charge is 0.389 e. The molecule has 0 aromatic heterocycles. The van der Waals surface area contributed by atoms with Crippen molar-refractivity contribution in [1.82, 2.24) is 5.32 Å². The molecule has 1 atom stereocenters. The molecule has 2 N–H and O–H groups in total. The summed E-state index contributed by atoms with van der Waals surface area (Å²) < 4.78 is 0. The summed E-state index contributed by atoms with van der Waals surface area (Å²) in [5, 5.41) is 13.0. The summed E-state index contributed by atoms with van der Waals surface area (Å²) >= 11 is 5.61. The van der Waals surface area contributed by atoms with E-state index in [-0.39, 0.29) is 0 Å². The molecule has 0 saturated carbocycles. The van der Waals surface area contributed by atoms with Crippen molar-refractivity contribution in [3.63, 3.8) is 0 Å². The number of nitrogens with one attached hydrogen (secondary N) is 1. The maximum Gasteiger partial charge on any atom is 0.0755 e. The van der Waals surface area contributed by atoms with Crippen molar-refractivity contribution >= 4 is 11.6 Å². The lowest BCUT2D eigenvalue weighted by atomic mass is 10.1. The summed E-state index contributed by atoms with van der Waals surface area (Å²) in [6.45, 7) is 5.61. The van der Waals surface area contributed by atoms with Gasteiger partial charge < -0.3 is 10.4 Å². The van der Waals surface area contributed by atoms with Crippen molar-refractivity contribution in [3.8, 4) is 0 Å². The second-order valence-corrected chi connectivity index (χ2v) is 4.66. The van der Waals surface area contributed by atoms with E-state index in [1.807, 2.05) is 38.1 Å². The Morgan fingerprint density at radius 1 is 1.33 bits per heavy atom. The first kappa shape index (κ1) is 12.5. The quantitative estimate of drug-likeness (QED) is 0.714. The highest BCUT2D eigenvalue weighted by Gasteiger charge is 2.23. The second-order valence-electron chi connectivity index (χ2n) is 4.22. The van der Waals surface area contributed by atoms with Crippen LogP contribution in [0.25, 0.3) is 0 Å². The van der Waals surface area contributed by atoms with Gasteiger partial charge in [0.2, 0.25) is 0 Å². The Balaban J connectivity index is 0.000000151. The van der Waals surface area contributed by atoms with Crippen LogP contribution in [-0.2, 0) is 0 Å². The second kappa shape index (κ2) is 5.50. The van der Waals surface area contributed by atoms with Gasteiger partial charge in [-0.2, -0.15) is 0 Å². The number of halogens is 1. The molecule has 1 aliphatic rings. The lowest BCUT2D eigenvalue weighted by Gasteiger charge is -2.11. The van der Waals surface area contributed by atoms with E-state index in [2.05, 4.69) is 5.32 Å². The molecule has 1 aromatic carbocycles. The van der Waals surface area contributed by atoms with Gasteiger partial charge in [0, 0.05) is 11.6 Å². The predicted octanol–water partition coefficient (Wildman–Crippen LogP) is 2.38. The molecule has 1 heterocycles. The van der Waals surface area contributed by atoms with Gasteiger partial charge in [0.15, 0.2) is 0 Å². The number of aryl methyl sites for hydroxylation is 1. The van der Waals surface area contributed by atoms with Crippen LogP contribution in [0.5, 0.6) is 0 Å². The minimum absolute atomic E-state index is 0.417. The van der Waals surface area contributed by atoms with Crippen LogP contribution in [0.15, 0.2) is 24.3 Å². The van der Waals surface area contributed by atoms with Crippen molar-refractivity contribution in [1.29, 1.82) is 0 Å². The van der Waals surface area contributed by atoms with Gasteiger partial charge in [-0.3, -0.25) is 0 Å². The van der Waals surface area contributed by atoms with Gasteiger partial charge in [0.1, 0.15) is 0 Å². The molecule has 1 unspecified atom stereocenters. The van der Waals surface area contributed by atoms with E-state index < -0.39 is 5.60 Å². The zero-order chi connectivity index (χ0) is 11.3. The van der Waals surface area contributed by atoms with E-state index in [0.717, 1.165) is 24.5 Å². The van der Waals surface area contributed by atoms with Crippen molar-refractivity contribution in [2.45, 2.75) is 25.9 Å². The number of hydrogen-bond acceptors (Lipinski definition) is 2. The highest BCUT2D eigenvalue weighted by molar-refractivity contribution is 6.30. The fraction of sp³-hybridized carbons (Fsp3) is 0.500. The normalized spacial score (nSPS) is 24.5. The maximum atomic E-state index is 9.13. The average Bonchev–Trinajstić information content (AvgIpc) is 2.57. The summed E-state index contributed by atoms with van der Waals surface area (Å²) in [6, 6.07) is 7.75. The Kier molecular flexibility index (Phi) is 4.58. The van der Waals surface area contributed by atoms with E-state index in [1.165, 1.54) is 5.56 Å². The van der Waals surface area contributed by atoms with Crippen molar-refractivity contribution in [3.05, 3.63) is 34.9 Å². The van der Waals surface area contributed by atoms with E-state index in [0.29, 0.717) is 0 Å². The minimum atomic E-state index is -0.417. The summed E-state index contributed by atoms with van der Waals surface area (Å²) in [5.41, 5.74) is 0.828. The van der Waals surface area contributed by atoms with Crippen LogP contribution in [-0.4, -0.2) is 23.8 Å². The lowest BCUT2D eigenvalue weighted by Crippen LogP contribution is -2.26. The molecule has 2 rings (SSSR count). The van der Waals surface area contributed by atoms with Crippen LogP contribution < -0.4 is 5.32 Å². The monoisotopic (exact) mass is 227 g/mol. The number of β-amino-alcohol motifs (C(OH)–C–C–N with tert-alkyl or cyclic N) is 1. The molecule has 0 amide bonds. The fourth-order valence-corrected chi connectivity index (χ4v) is 1.46. The highest BCUT2D eigenvalue weighted by atomic mass is 35.5. The smallest absolute Gasteiger partial charge is 0.0755 e. The molecule has 1 aliphatic heterocycles. The van der Waals surface area contributed by atoms with Crippen LogP contribution in [0.2, 0.25) is 5.02 Å².